The molecular weight excluding hydrogens is 274 g/mol. The van der Waals surface area contributed by atoms with Crippen LogP contribution in [0.5, 0.6) is 0 Å². The van der Waals surface area contributed by atoms with Crippen molar-refractivity contribution >= 4 is 0 Å². The summed E-state index contributed by atoms with van der Waals surface area (Å²) in [6.07, 6.45) is 10.0. The average molecular weight is 305 g/mol. The van der Waals surface area contributed by atoms with Crippen molar-refractivity contribution in [2.24, 2.45) is 5.92 Å². The van der Waals surface area contributed by atoms with Gasteiger partial charge in [-0.1, -0.05) is 13.3 Å². The zero-order valence-corrected chi connectivity index (χ0v) is 14.2. The van der Waals surface area contributed by atoms with Crippen LogP contribution in [0.4, 0.5) is 0 Å². The molecule has 1 aromatic heterocycles. The summed E-state index contributed by atoms with van der Waals surface area (Å²) in [4.78, 5) is 5.21. The molecule has 22 heavy (non-hydrogen) atoms. The molecule has 2 saturated heterocycles. The van der Waals surface area contributed by atoms with Gasteiger partial charge in [-0.15, -0.1) is 10.2 Å². The molecule has 0 N–H and O–H groups in total. The largest absolute Gasteiger partial charge is 0.317 e. The molecule has 1 aromatic rings. The van der Waals surface area contributed by atoms with Gasteiger partial charge in [0.2, 0.25) is 0 Å². The van der Waals surface area contributed by atoms with Gasteiger partial charge in [-0.2, -0.15) is 0 Å². The van der Waals surface area contributed by atoms with Crippen LogP contribution < -0.4 is 0 Å². The minimum absolute atomic E-state index is 0.832. The van der Waals surface area contributed by atoms with E-state index in [1.54, 1.807) is 0 Å². The van der Waals surface area contributed by atoms with Crippen molar-refractivity contribution in [1.82, 2.24) is 24.6 Å². The molecule has 0 aliphatic carbocycles. The molecule has 0 unspecified atom stereocenters. The van der Waals surface area contributed by atoms with Gasteiger partial charge in [0, 0.05) is 19.1 Å². The van der Waals surface area contributed by atoms with Gasteiger partial charge < -0.3 is 9.47 Å². The maximum Gasteiger partial charge on any atom is 0.146 e. The average Bonchev–Trinajstić information content (AvgIpc) is 2.95. The maximum absolute atomic E-state index is 4.31. The summed E-state index contributed by atoms with van der Waals surface area (Å²) in [5, 5.41) is 8.39. The Labute approximate surface area is 134 Å². The number of rotatable bonds is 6. The zero-order valence-electron chi connectivity index (χ0n) is 14.2. The standard InChI is InChI=1S/C17H31N5/c1-3-9-22-14-18-19-17(22)13-20(2)12-15-7-6-11-21-10-5-4-8-16(15)21/h14-16H,3-13H2,1-2H3/t15-,16+/m0/s1. The minimum atomic E-state index is 0.832. The van der Waals surface area contributed by atoms with Gasteiger partial charge in [0.1, 0.15) is 12.2 Å². The lowest BCUT2D eigenvalue weighted by molar-refractivity contribution is 0.0430. The van der Waals surface area contributed by atoms with E-state index in [-0.39, 0.29) is 0 Å². The third kappa shape index (κ3) is 3.69. The molecule has 124 valence electrons. The van der Waals surface area contributed by atoms with Crippen molar-refractivity contribution in [3.05, 3.63) is 12.2 Å². The highest BCUT2D eigenvalue weighted by atomic mass is 15.3. The van der Waals surface area contributed by atoms with E-state index in [2.05, 4.69) is 38.5 Å². The number of hydrogen-bond donors (Lipinski definition) is 0. The molecule has 0 aromatic carbocycles. The lowest BCUT2D eigenvalue weighted by Crippen LogP contribution is -2.50. The molecule has 0 bridgehead atoms. The molecular formula is C17H31N5. The second-order valence-electron chi connectivity index (χ2n) is 7.14. The number of piperidine rings is 2. The molecule has 2 atom stereocenters. The Bertz CT molecular complexity index is 456. The van der Waals surface area contributed by atoms with Crippen LogP contribution in [0.25, 0.3) is 0 Å². The van der Waals surface area contributed by atoms with E-state index in [1.165, 1.54) is 51.7 Å². The Hall–Kier alpha value is -0.940. The fraction of sp³-hybridized carbons (Fsp3) is 0.882. The number of hydrogen-bond acceptors (Lipinski definition) is 4. The van der Waals surface area contributed by atoms with Gasteiger partial charge in [-0.05, 0) is 58.2 Å². The van der Waals surface area contributed by atoms with E-state index in [1.807, 2.05) is 6.33 Å². The van der Waals surface area contributed by atoms with E-state index < -0.39 is 0 Å². The molecule has 0 saturated carbocycles. The van der Waals surface area contributed by atoms with Crippen LogP contribution in [-0.2, 0) is 13.1 Å². The second kappa shape index (κ2) is 7.55. The highest BCUT2D eigenvalue weighted by Gasteiger charge is 2.33. The third-order valence-electron chi connectivity index (χ3n) is 5.35. The van der Waals surface area contributed by atoms with E-state index in [0.29, 0.717) is 0 Å². The molecule has 0 spiro atoms. The monoisotopic (exact) mass is 305 g/mol. The van der Waals surface area contributed by atoms with Gasteiger partial charge in [-0.25, -0.2) is 0 Å². The van der Waals surface area contributed by atoms with Crippen LogP contribution in [0.2, 0.25) is 0 Å². The molecule has 5 heteroatoms. The van der Waals surface area contributed by atoms with E-state index in [4.69, 9.17) is 0 Å². The van der Waals surface area contributed by atoms with Crippen LogP contribution in [0.15, 0.2) is 6.33 Å². The molecule has 2 aliphatic heterocycles. The molecule has 2 aliphatic rings. The van der Waals surface area contributed by atoms with Crippen LogP contribution in [0, 0.1) is 5.92 Å². The summed E-state index contributed by atoms with van der Waals surface area (Å²) in [5.41, 5.74) is 0. The highest BCUT2D eigenvalue weighted by Crippen LogP contribution is 2.31. The highest BCUT2D eigenvalue weighted by molar-refractivity contribution is 4.90. The fourth-order valence-corrected chi connectivity index (χ4v) is 4.33. The smallest absolute Gasteiger partial charge is 0.146 e. The summed E-state index contributed by atoms with van der Waals surface area (Å²) in [7, 11) is 2.24. The van der Waals surface area contributed by atoms with Crippen molar-refractivity contribution in [1.29, 1.82) is 0 Å². The first-order valence-electron chi connectivity index (χ1n) is 9.07. The lowest BCUT2D eigenvalue weighted by atomic mass is 9.83. The Morgan fingerprint density at radius 2 is 2.09 bits per heavy atom. The third-order valence-corrected chi connectivity index (χ3v) is 5.35. The number of aromatic nitrogens is 3. The zero-order chi connectivity index (χ0) is 15.4. The number of fused-ring (bicyclic) bond motifs is 1. The van der Waals surface area contributed by atoms with Crippen LogP contribution in [0.1, 0.15) is 51.3 Å². The molecule has 0 radical (unpaired) electrons. The maximum atomic E-state index is 4.31. The summed E-state index contributed by atoms with van der Waals surface area (Å²) < 4.78 is 2.20. The van der Waals surface area contributed by atoms with Crippen molar-refractivity contribution in [3.8, 4) is 0 Å². The summed E-state index contributed by atoms with van der Waals surface area (Å²) in [6, 6.07) is 0.832. The summed E-state index contributed by atoms with van der Waals surface area (Å²) in [5.74, 6) is 1.95. The predicted molar refractivity (Wildman–Crippen MR) is 88.6 cm³/mol. The molecule has 5 nitrogen and oxygen atoms in total. The number of aryl methyl sites for hydroxylation is 1. The van der Waals surface area contributed by atoms with Crippen LogP contribution >= 0.6 is 0 Å². The van der Waals surface area contributed by atoms with Gasteiger partial charge >= 0.3 is 0 Å². The summed E-state index contributed by atoms with van der Waals surface area (Å²) >= 11 is 0. The van der Waals surface area contributed by atoms with E-state index in [9.17, 15) is 0 Å². The van der Waals surface area contributed by atoms with Crippen LogP contribution in [-0.4, -0.2) is 57.3 Å². The Morgan fingerprint density at radius 1 is 1.23 bits per heavy atom. The predicted octanol–water partition coefficient (Wildman–Crippen LogP) is 2.38. The van der Waals surface area contributed by atoms with E-state index >= 15 is 0 Å². The van der Waals surface area contributed by atoms with Crippen molar-refractivity contribution < 1.29 is 0 Å². The fourth-order valence-electron chi connectivity index (χ4n) is 4.33. The van der Waals surface area contributed by atoms with Gasteiger partial charge in [0.15, 0.2) is 0 Å². The molecule has 3 heterocycles. The summed E-state index contributed by atoms with van der Waals surface area (Å²) in [6.45, 7) is 8.00. The second-order valence-corrected chi connectivity index (χ2v) is 7.14. The minimum Gasteiger partial charge on any atom is -0.317 e. The lowest BCUT2D eigenvalue weighted by Gasteiger charge is -2.45. The molecule has 2 fully saturated rings. The number of nitrogens with zero attached hydrogens (tertiary/aromatic N) is 5. The van der Waals surface area contributed by atoms with Crippen molar-refractivity contribution in [2.75, 3.05) is 26.7 Å². The first-order chi connectivity index (χ1) is 10.8. The first kappa shape index (κ1) is 15.9. The van der Waals surface area contributed by atoms with Gasteiger partial charge in [-0.3, -0.25) is 4.90 Å². The van der Waals surface area contributed by atoms with Crippen molar-refractivity contribution in [3.63, 3.8) is 0 Å². The SMILES string of the molecule is CCCn1cnnc1CN(C)C[C@@H]1CCCN2CCCC[C@H]12. The Balaban J connectivity index is 1.56. The van der Waals surface area contributed by atoms with Crippen molar-refractivity contribution in [2.45, 2.75) is 64.6 Å². The van der Waals surface area contributed by atoms with Gasteiger partial charge in [0.25, 0.3) is 0 Å². The Kier molecular flexibility index (Phi) is 5.47. The topological polar surface area (TPSA) is 37.2 Å². The Morgan fingerprint density at radius 3 is 2.95 bits per heavy atom. The first-order valence-corrected chi connectivity index (χ1v) is 9.07. The van der Waals surface area contributed by atoms with E-state index in [0.717, 1.165) is 37.3 Å². The van der Waals surface area contributed by atoms with Gasteiger partial charge in [0.05, 0.1) is 6.54 Å². The normalized spacial score (nSPS) is 26.3. The quantitative estimate of drug-likeness (QED) is 0.809. The molecule has 0 amide bonds. The van der Waals surface area contributed by atoms with Crippen LogP contribution in [0.3, 0.4) is 0 Å². The molecule has 3 rings (SSSR count).